The first-order chi connectivity index (χ1) is 12.3. The van der Waals surface area contributed by atoms with Crippen LogP contribution in [0.15, 0.2) is 47.1 Å². The van der Waals surface area contributed by atoms with Crippen LogP contribution in [0.5, 0.6) is 5.75 Å². The van der Waals surface area contributed by atoms with E-state index in [1.807, 2.05) is 0 Å². The summed E-state index contributed by atoms with van der Waals surface area (Å²) < 4.78 is 46.0. The van der Waals surface area contributed by atoms with E-state index in [2.05, 4.69) is 20.7 Å². The Morgan fingerprint density at radius 1 is 1.12 bits per heavy atom. The maximum atomic E-state index is 12.1. The average Bonchev–Trinajstić information content (AvgIpc) is 3.09. The molecule has 3 amide bonds. The number of hydrogen-bond acceptors (Lipinski definition) is 4. The van der Waals surface area contributed by atoms with Crippen LogP contribution >= 0.6 is 0 Å². The summed E-state index contributed by atoms with van der Waals surface area (Å²) in [5.74, 6) is -0.0318. The number of anilines is 1. The van der Waals surface area contributed by atoms with Gasteiger partial charge in [0.2, 0.25) is 5.91 Å². The zero-order chi connectivity index (χ0) is 19.0. The molecule has 0 aliphatic rings. The molecule has 0 saturated heterocycles. The monoisotopic (exact) mass is 371 g/mol. The van der Waals surface area contributed by atoms with Gasteiger partial charge in [-0.1, -0.05) is 6.07 Å². The van der Waals surface area contributed by atoms with Crippen molar-refractivity contribution in [1.82, 2.24) is 10.6 Å². The largest absolute Gasteiger partial charge is 0.484 e. The van der Waals surface area contributed by atoms with Crippen molar-refractivity contribution in [3.05, 3.63) is 48.4 Å². The van der Waals surface area contributed by atoms with E-state index in [9.17, 15) is 22.8 Å². The van der Waals surface area contributed by atoms with Crippen LogP contribution < -0.4 is 20.7 Å². The molecule has 0 unspecified atom stereocenters. The number of benzene rings is 1. The van der Waals surface area contributed by atoms with E-state index in [1.165, 1.54) is 30.5 Å². The molecule has 1 aromatic carbocycles. The molecular formula is C16H16F3N3O4. The second-order valence-electron chi connectivity index (χ2n) is 5.10. The second kappa shape index (κ2) is 8.79. The van der Waals surface area contributed by atoms with Crippen LogP contribution in [0.25, 0.3) is 0 Å². The molecule has 0 atom stereocenters. The van der Waals surface area contributed by atoms with Gasteiger partial charge >= 0.3 is 12.2 Å². The smallest absolute Gasteiger partial charge is 0.422 e. The first-order valence-corrected chi connectivity index (χ1v) is 7.45. The number of rotatable bonds is 7. The summed E-state index contributed by atoms with van der Waals surface area (Å²) in [6.45, 7) is -1.58. The Labute approximate surface area is 146 Å². The van der Waals surface area contributed by atoms with Gasteiger partial charge < -0.3 is 25.1 Å². The number of furan rings is 1. The molecule has 3 N–H and O–H groups in total. The highest BCUT2D eigenvalue weighted by Crippen LogP contribution is 2.21. The third kappa shape index (κ3) is 7.16. The molecule has 0 radical (unpaired) electrons. The van der Waals surface area contributed by atoms with E-state index in [1.54, 1.807) is 12.1 Å². The minimum atomic E-state index is -4.45. The summed E-state index contributed by atoms with van der Waals surface area (Å²) >= 11 is 0. The molecule has 0 aliphatic carbocycles. The van der Waals surface area contributed by atoms with Gasteiger partial charge in [-0.3, -0.25) is 4.79 Å². The van der Waals surface area contributed by atoms with Gasteiger partial charge in [-0.15, -0.1) is 0 Å². The van der Waals surface area contributed by atoms with Crippen LogP contribution in [0.2, 0.25) is 0 Å². The molecule has 0 aliphatic heterocycles. The zero-order valence-corrected chi connectivity index (χ0v) is 13.4. The fourth-order valence-corrected chi connectivity index (χ4v) is 1.84. The fraction of sp³-hybridized carbons (Fsp3) is 0.250. The quantitative estimate of drug-likeness (QED) is 0.698. The van der Waals surface area contributed by atoms with Gasteiger partial charge in [0.15, 0.2) is 6.61 Å². The zero-order valence-electron chi connectivity index (χ0n) is 13.4. The molecule has 1 heterocycles. The number of alkyl halides is 3. The number of ether oxygens (including phenoxy) is 1. The van der Waals surface area contributed by atoms with Crippen molar-refractivity contribution >= 4 is 17.6 Å². The van der Waals surface area contributed by atoms with E-state index < -0.39 is 24.7 Å². The summed E-state index contributed by atoms with van der Waals surface area (Å²) in [5, 5.41) is 7.28. The lowest BCUT2D eigenvalue weighted by molar-refractivity contribution is -0.153. The number of halogens is 3. The number of carbonyl (C=O) groups excluding carboxylic acids is 2. The third-order valence-corrected chi connectivity index (χ3v) is 2.93. The van der Waals surface area contributed by atoms with Crippen LogP contribution in [-0.2, 0) is 11.3 Å². The van der Waals surface area contributed by atoms with Crippen molar-refractivity contribution in [1.29, 1.82) is 0 Å². The first-order valence-electron chi connectivity index (χ1n) is 7.45. The lowest BCUT2D eigenvalue weighted by Crippen LogP contribution is -2.39. The van der Waals surface area contributed by atoms with Crippen molar-refractivity contribution in [3.63, 3.8) is 0 Å². The Balaban J connectivity index is 1.74. The van der Waals surface area contributed by atoms with Crippen LogP contribution in [-0.4, -0.2) is 31.3 Å². The minimum Gasteiger partial charge on any atom is -0.484 e. The van der Waals surface area contributed by atoms with Crippen molar-refractivity contribution in [2.24, 2.45) is 0 Å². The van der Waals surface area contributed by atoms with E-state index in [4.69, 9.17) is 4.42 Å². The lowest BCUT2D eigenvalue weighted by Gasteiger charge is -2.11. The molecule has 0 fully saturated rings. The molecule has 2 aromatic rings. The number of carbonyl (C=O) groups is 2. The molecule has 26 heavy (non-hydrogen) atoms. The summed E-state index contributed by atoms with van der Waals surface area (Å²) in [5.41, 5.74) is 0.243. The summed E-state index contributed by atoms with van der Waals surface area (Å²) in [4.78, 5) is 23.3. The second-order valence-corrected chi connectivity index (χ2v) is 5.10. The standard InChI is InChI=1S/C16H16F3N3O4/c17-16(18,19)10-26-12-4-1-3-11(7-12)22-14(23)9-21-15(24)20-8-13-5-2-6-25-13/h1-7H,8-10H2,(H,22,23)(H2,20,21,24). The summed E-state index contributed by atoms with van der Waals surface area (Å²) in [6.07, 6.45) is -2.99. The molecule has 0 saturated carbocycles. The Kier molecular flexibility index (Phi) is 6.48. The van der Waals surface area contributed by atoms with E-state index in [0.717, 1.165) is 0 Å². The van der Waals surface area contributed by atoms with E-state index >= 15 is 0 Å². The highest BCUT2D eigenvalue weighted by molar-refractivity contribution is 5.94. The number of nitrogens with one attached hydrogen (secondary N) is 3. The highest BCUT2D eigenvalue weighted by Gasteiger charge is 2.28. The number of hydrogen-bond donors (Lipinski definition) is 3. The minimum absolute atomic E-state index is 0.0377. The number of urea groups is 1. The maximum Gasteiger partial charge on any atom is 0.422 e. The Morgan fingerprint density at radius 2 is 1.92 bits per heavy atom. The lowest BCUT2D eigenvalue weighted by atomic mass is 10.3. The average molecular weight is 371 g/mol. The molecule has 0 spiro atoms. The third-order valence-electron chi connectivity index (χ3n) is 2.93. The molecular weight excluding hydrogens is 355 g/mol. The van der Waals surface area contributed by atoms with Gasteiger partial charge in [-0.25, -0.2) is 4.79 Å². The summed E-state index contributed by atoms with van der Waals surface area (Å²) in [6, 6.07) is 8.29. The molecule has 7 nitrogen and oxygen atoms in total. The SMILES string of the molecule is O=C(CNC(=O)NCc1ccco1)Nc1cccc(OCC(F)(F)F)c1. The van der Waals surface area contributed by atoms with Crippen LogP contribution in [0.4, 0.5) is 23.7 Å². The molecule has 140 valence electrons. The van der Waals surface area contributed by atoms with Crippen LogP contribution in [0, 0.1) is 0 Å². The normalized spacial score (nSPS) is 10.9. The fourth-order valence-electron chi connectivity index (χ4n) is 1.84. The van der Waals surface area contributed by atoms with Crippen molar-refractivity contribution in [3.8, 4) is 5.75 Å². The van der Waals surface area contributed by atoms with Gasteiger partial charge in [0.05, 0.1) is 19.4 Å². The van der Waals surface area contributed by atoms with E-state index in [0.29, 0.717) is 5.76 Å². The predicted molar refractivity (Wildman–Crippen MR) is 85.6 cm³/mol. The van der Waals surface area contributed by atoms with Crippen molar-refractivity contribution in [2.45, 2.75) is 12.7 Å². The van der Waals surface area contributed by atoms with Crippen molar-refractivity contribution in [2.75, 3.05) is 18.5 Å². The predicted octanol–water partition coefficient (Wildman–Crippen LogP) is 2.66. The van der Waals surface area contributed by atoms with Crippen LogP contribution in [0.3, 0.4) is 0 Å². The van der Waals surface area contributed by atoms with Gasteiger partial charge in [-0.05, 0) is 24.3 Å². The first kappa shape index (κ1) is 19.2. The highest BCUT2D eigenvalue weighted by atomic mass is 19.4. The van der Waals surface area contributed by atoms with E-state index in [-0.39, 0.29) is 24.5 Å². The van der Waals surface area contributed by atoms with Crippen molar-refractivity contribution < 1.29 is 31.9 Å². The number of amides is 3. The van der Waals surface area contributed by atoms with Gasteiger partial charge in [0, 0.05) is 11.8 Å². The Bertz CT molecular complexity index is 733. The molecule has 10 heteroatoms. The van der Waals surface area contributed by atoms with Gasteiger partial charge in [0.25, 0.3) is 0 Å². The topological polar surface area (TPSA) is 92.6 Å². The van der Waals surface area contributed by atoms with Gasteiger partial charge in [-0.2, -0.15) is 13.2 Å². The maximum absolute atomic E-state index is 12.1. The molecule has 2 rings (SSSR count). The molecule has 0 bridgehead atoms. The Morgan fingerprint density at radius 3 is 2.62 bits per heavy atom. The molecule has 1 aromatic heterocycles. The van der Waals surface area contributed by atoms with Crippen LogP contribution in [0.1, 0.15) is 5.76 Å². The summed E-state index contributed by atoms with van der Waals surface area (Å²) in [7, 11) is 0. The Hall–Kier alpha value is -3.17. The van der Waals surface area contributed by atoms with Gasteiger partial charge in [0.1, 0.15) is 11.5 Å².